The number of phenols is 1. The molecule has 0 amide bonds. The van der Waals surface area contributed by atoms with E-state index in [4.69, 9.17) is 5.11 Å². The molecule has 2 rings (SSSR count). The van der Waals surface area contributed by atoms with Crippen molar-refractivity contribution in [3.63, 3.8) is 0 Å². The molecule has 1 saturated carbocycles. The molecule has 0 radical (unpaired) electrons. The summed E-state index contributed by atoms with van der Waals surface area (Å²) in [5, 5.41) is 18.4. The maximum Gasteiger partial charge on any atom is 0.306 e. The van der Waals surface area contributed by atoms with Gasteiger partial charge in [0.1, 0.15) is 0 Å². The Labute approximate surface area is 98.9 Å². The van der Waals surface area contributed by atoms with Gasteiger partial charge in [0.05, 0.1) is 5.92 Å². The molecule has 1 aliphatic rings. The van der Waals surface area contributed by atoms with Gasteiger partial charge in [-0.15, -0.1) is 0 Å². The molecule has 1 aromatic rings. The van der Waals surface area contributed by atoms with Gasteiger partial charge >= 0.3 is 5.97 Å². The van der Waals surface area contributed by atoms with E-state index in [2.05, 4.69) is 0 Å². The maximum absolute atomic E-state index is 13.8. The zero-order valence-corrected chi connectivity index (χ0v) is 9.56. The van der Waals surface area contributed by atoms with Crippen LogP contribution in [0.4, 0.5) is 4.39 Å². The second kappa shape index (κ2) is 4.35. The number of aromatic hydroxyl groups is 1. The van der Waals surface area contributed by atoms with Crippen LogP contribution in [-0.2, 0) is 4.79 Å². The maximum atomic E-state index is 13.8. The fourth-order valence-corrected chi connectivity index (χ4v) is 2.34. The monoisotopic (exact) mass is 238 g/mol. The summed E-state index contributed by atoms with van der Waals surface area (Å²) in [7, 11) is 0. The van der Waals surface area contributed by atoms with Crippen molar-refractivity contribution in [2.24, 2.45) is 11.8 Å². The van der Waals surface area contributed by atoms with Crippen LogP contribution in [-0.4, -0.2) is 16.2 Å². The lowest BCUT2D eigenvalue weighted by Gasteiger charge is -2.21. The summed E-state index contributed by atoms with van der Waals surface area (Å²) in [5.41, 5.74) is 0.322. The molecule has 2 unspecified atom stereocenters. The number of phenolic OH excluding ortho intramolecular Hbond substituents is 1. The molecule has 2 atom stereocenters. The van der Waals surface area contributed by atoms with E-state index < -0.39 is 23.5 Å². The van der Waals surface area contributed by atoms with Gasteiger partial charge < -0.3 is 10.2 Å². The third-order valence-electron chi connectivity index (χ3n) is 3.43. The number of aliphatic carboxylic acids is 1. The SMILES string of the molecule is CC(C(=O)O)C(c1cccc(O)c1F)C1CC1. The van der Waals surface area contributed by atoms with Crippen LogP contribution < -0.4 is 0 Å². The topological polar surface area (TPSA) is 57.5 Å². The lowest BCUT2D eigenvalue weighted by Crippen LogP contribution is -2.21. The molecule has 0 spiro atoms. The highest BCUT2D eigenvalue weighted by Gasteiger charge is 2.40. The Morgan fingerprint density at radius 3 is 2.65 bits per heavy atom. The van der Waals surface area contributed by atoms with Crippen LogP contribution in [0.25, 0.3) is 0 Å². The molecule has 1 fully saturated rings. The Balaban J connectivity index is 2.39. The van der Waals surface area contributed by atoms with Crippen LogP contribution in [0.15, 0.2) is 18.2 Å². The molecular weight excluding hydrogens is 223 g/mol. The van der Waals surface area contributed by atoms with Crippen LogP contribution in [0, 0.1) is 17.7 Å². The molecule has 17 heavy (non-hydrogen) atoms. The second-order valence-corrected chi connectivity index (χ2v) is 4.67. The largest absolute Gasteiger partial charge is 0.505 e. The van der Waals surface area contributed by atoms with Crippen molar-refractivity contribution in [3.8, 4) is 5.75 Å². The predicted molar refractivity (Wildman–Crippen MR) is 60.3 cm³/mol. The summed E-state index contributed by atoms with van der Waals surface area (Å²) < 4.78 is 13.8. The quantitative estimate of drug-likeness (QED) is 0.848. The average molecular weight is 238 g/mol. The number of hydrogen-bond donors (Lipinski definition) is 2. The number of carboxylic acids is 1. The molecule has 92 valence electrons. The van der Waals surface area contributed by atoms with E-state index in [0.29, 0.717) is 5.56 Å². The van der Waals surface area contributed by atoms with Crippen LogP contribution in [0.1, 0.15) is 31.2 Å². The fraction of sp³-hybridized carbons (Fsp3) is 0.462. The van der Waals surface area contributed by atoms with Crippen LogP contribution >= 0.6 is 0 Å². The van der Waals surface area contributed by atoms with Crippen LogP contribution in [0.5, 0.6) is 5.75 Å². The molecule has 0 bridgehead atoms. The highest BCUT2D eigenvalue weighted by Crippen LogP contribution is 2.48. The first kappa shape index (κ1) is 11.9. The molecule has 3 nitrogen and oxygen atoms in total. The van der Waals surface area contributed by atoms with E-state index in [1.807, 2.05) is 0 Å². The normalized spacial score (nSPS) is 18.7. The molecule has 0 heterocycles. The molecule has 0 saturated heterocycles. The third kappa shape index (κ3) is 2.25. The van der Waals surface area contributed by atoms with Gasteiger partial charge in [0.2, 0.25) is 0 Å². The molecule has 1 aliphatic carbocycles. The van der Waals surface area contributed by atoms with Crippen molar-refractivity contribution in [1.82, 2.24) is 0 Å². The molecule has 0 aromatic heterocycles. The van der Waals surface area contributed by atoms with Crippen molar-refractivity contribution >= 4 is 5.97 Å². The third-order valence-corrected chi connectivity index (χ3v) is 3.43. The summed E-state index contributed by atoms with van der Waals surface area (Å²) in [4.78, 5) is 11.1. The van der Waals surface area contributed by atoms with E-state index in [9.17, 15) is 14.3 Å². The highest BCUT2D eigenvalue weighted by atomic mass is 19.1. The first-order valence-electron chi connectivity index (χ1n) is 5.72. The minimum atomic E-state index is -0.926. The van der Waals surface area contributed by atoms with E-state index in [1.54, 1.807) is 19.1 Å². The second-order valence-electron chi connectivity index (χ2n) is 4.67. The highest BCUT2D eigenvalue weighted by molar-refractivity contribution is 5.71. The summed E-state index contributed by atoms with van der Waals surface area (Å²) in [6.07, 6.45) is 1.86. The van der Waals surface area contributed by atoms with Gasteiger partial charge in [0, 0.05) is 5.92 Å². The van der Waals surface area contributed by atoms with E-state index in [-0.39, 0.29) is 11.8 Å². The number of benzene rings is 1. The van der Waals surface area contributed by atoms with Crippen LogP contribution in [0.3, 0.4) is 0 Å². The zero-order chi connectivity index (χ0) is 12.6. The van der Waals surface area contributed by atoms with Crippen molar-refractivity contribution in [2.45, 2.75) is 25.7 Å². The van der Waals surface area contributed by atoms with Gasteiger partial charge in [-0.05, 0) is 30.4 Å². The lowest BCUT2D eigenvalue weighted by atomic mass is 9.83. The molecule has 4 heteroatoms. The lowest BCUT2D eigenvalue weighted by molar-refractivity contribution is -0.142. The minimum Gasteiger partial charge on any atom is -0.505 e. The summed E-state index contributed by atoms with van der Waals surface area (Å²) >= 11 is 0. The summed E-state index contributed by atoms with van der Waals surface area (Å²) in [5.74, 6) is -2.79. The fourth-order valence-electron chi connectivity index (χ4n) is 2.34. The Bertz CT molecular complexity index is 440. The van der Waals surface area contributed by atoms with Gasteiger partial charge in [0.15, 0.2) is 11.6 Å². The standard InChI is InChI=1S/C13H15FO3/c1-7(13(16)17)11(8-5-6-8)9-3-2-4-10(15)12(9)14/h2-4,7-8,11,15H,5-6H2,1H3,(H,16,17). The van der Waals surface area contributed by atoms with Gasteiger partial charge in [-0.3, -0.25) is 4.79 Å². The first-order valence-corrected chi connectivity index (χ1v) is 5.72. The number of carbonyl (C=O) groups is 1. The molecule has 2 N–H and O–H groups in total. The smallest absolute Gasteiger partial charge is 0.306 e. The van der Waals surface area contributed by atoms with Crippen LogP contribution in [0.2, 0.25) is 0 Å². The van der Waals surface area contributed by atoms with Gasteiger partial charge in [-0.1, -0.05) is 19.1 Å². The van der Waals surface area contributed by atoms with E-state index in [1.165, 1.54) is 6.07 Å². The Morgan fingerprint density at radius 2 is 2.12 bits per heavy atom. The number of hydrogen-bond acceptors (Lipinski definition) is 2. The minimum absolute atomic E-state index is 0.220. The van der Waals surface area contributed by atoms with Gasteiger partial charge in [-0.2, -0.15) is 0 Å². The first-order chi connectivity index (χ1) is 8.02. The average Bonchev–Trinajstić information content (AvgIpc) is 3.08. The number of carboxylic acid groups (broad SMARTS) is 1. The van der Waals surface area contributed by atoms with Crippen molar-refractivity contribution in [2.75, 3.05) is 0 Å². The Morgan fingerprint density at radius 1 is 1.47 bits per heavy atom. The van der Waals surface area contributed by atoms with Crippen molar-refractivity contribution in [1.29, 1.82) is 0 Å². The molecule has 1 aromatic carbocycles. The van der Waals surface area contributed by atoms with E-state index in [0.717, 1.165) is 12.8 Å². The number of halogens is 1. The summed E-state index contributed by atoms with van der Waals surface area (Å²) in [6, 6.07) is 4.39. The van der Waals surface area contributed by atoms with Gasteiger partial charge in [-0.25, -0.2) is 4.39 Å². The Hall–Kier alpha value is -1.58. The predicted octanol–water partition coefficient (Wildman–Crippen LogP) is 2.75. The van der Waals surface area contributed by atoms with Gasteiger partial charge in [0.25, 0.3) is 0 Å². The van der Waals surface area contributed by atoms with Crippen molar-refractivity contribution < 1.29 is 19.4 Å². The number of rotatable bonds is 4. The summed E-state index contributed by atoms with van der Waals surface area (Å²) in [6.45, 7) is 1.59. The Kier molecular flexibility index (Phi) is 3.05. The van der Waals surface area contributed by atoms with Crippen molar-refractivity contribution in [3.05, 3.63) is 29.6 Å². The molecular formula is C13H15FO3. The molecule has 0 aliphatic heterocycles. The zero-order valence-electron chi connectivity index (χ0n) is 9.56. The van der Waals surface area contributed by atoms with E-state index >= 15 is 0 Å².